The van der Waals surface area contributed by atoms with Gasteiger partial charge in [0.1, 0.15) is 17.4 Å². The van der Waals surface area contributed by atoms with Crippen LogP contribution in [0.5, 0.6) is 11.5 Å². The van der Waals surface area contributed by atoms with Crippen molar-refractivity contribution in [1.82, 2.24) is 0 Å². The van der Waals surface area contributed by atoms with Crippen molar-refractivity contribution in [2.75, 3.05) is 6.61 Å². The molecule has 224 valence electrons. The molecule has 0 saturated heterocycles. The van der Waals surface area contributed by atoms with Gasteiger partial charge in [0.2, 0.25) is 5.75 Å². The summed E-state index contributed by atoms with van der Waals surface area (Å²) in [4.78, 5) is 12.3. The molecule has 3 aromatic rings. The van der Waals surface area contributed by atoms with Gasteiger partial charge in [0, 0.05) is 24.3 Å². The number of hydrogen-bond acceptors (Lipinski definition) is 4. The van der Waals surface area contributed by atoms with Gasteiger partial charge in [0.05, 0.1) is 11.7 Å². The largest absolute Gasteiger partial charge is 0.573 e. The first kappa shape index (κ1) is 31.1. The van der Waals surface area contributed by atoms with E-state index in [0.29, 0.717) is 12.1 Å². The Morgan fingerprint density at radius 3 is 2.14 bits per heavy atom. The van der Waals surface area contributed by atoms with Crippen LogP contribution in [0.1, 0.15) is 72.0 Å². The molecule has 0 spiro atoms. The van der Waals surface area contributed by atoms with Crippen LogP contribution in [0.25, 0.3) is 12.2 Å². The zero-order chi connectivity index (χ0) is 30.4. The van der Waals surface area contributed by atoms with Gasteiger partial charge >= 0.3 is 12.3 Å². The molecule has 0 unspecified atom stereocenters. The molecule has 1 aliphatic carbocycles. The average molecular weight is 597 g/mol. The Labute approximate surface area is 237 Å². The number of carbonyl (C=O) groups excluding carboxylic acids is 1. The van der Waals surface area contributed by atoms with E-state index in [4.69, 9.17) is 9.47 Å². The summed E-state index contributed by atoms with van der Waals surface area (Å²) in [6.07, 6.45) is 2.46. The molecule has 4 rings (SSSR count). The number of hydrogen-bond donors (Lipinski definition) is 0. The van der Waals surface area contributed by atoms with E-state index in [1.807, 2.05) is 6.07 Å². The van der Waals surface area contributed by atoms with E-state index in [-0.39, 0.29) is 23.1 Å². The molecule has 1 saturated carbocycles. The van der Waals surface area contributed by atoms with E-state index in [9.17, 15) is 35.5 Å². The Morgan fingerprint density at radius 1 is 0.857 bits per heavy atom. The van der Waals surface area contributed by atoms with E-state index in [1.165, 1.54) is 24.3 Å². The lowest BCUT2D eigenvalue weighted by Crippen LogP contribution is -2.21. The zero-order valence-electron chi connectivity index (χ0n) is 22.4. The third kappa shape index (κ3) is 8.12. The van der Waals surface area contributed by atoms with Crippen LogP contribution in [-0.2, 0) is 4.74 Å². The standard InChI is InChI=1S/C31H27F7O4/c1-2-13-40-22-10-8-19(9-11-22)21-7-6-20(25(32)15-21)5-3-18-4-12-24(26(33)14-18)30(39)41-23-16-27(34)29(28(35)17-23)42-31(36,37)38/h3-7,12,14-17,19,22H,2,8-11,13H2,1H3/b5-3+. The molecule has 1 aliphatic rings. The predicted molar refractivity (Wildman–Crippen MR) is 141 cm³/mol. The Kier molecular flexibility index (Phi) is 9.93. The Bertz CT molecular complexity index is 1420. The SMILES string of the molecule is CCCOC1CCC(c2ccc(/C=C/c3ccc(C(=O)Oc4cc(F)c(OC(F)(F)F)c(F)c4)c(F)c3)c(F)c2)CC1. The molecule has 1 fully saturated rings. The van der Waals surface area contributed by atoms with E-state index in [2.05, 4.69) is 11.7 Å². The number of halogens is 7. The van der Waals surface area contributed by atoms with Crippen molar-refractivity contribution in [1.29, 1.82) is 0 Å². The highest BCUT2D eigenvalue weighted by molar-refractivity contribution is 5.91. The summed E-state index contributed by atoms with van der Waals surface area (Å²) in [5.74, 6) is -8.66. The number of carbonyl (C=O) groups is 1. The third-order valence-corrected chi connectivity index (χ3v) is 6.80. The van der Waals surface area contributed by atoms with Crippen molar-refractivity contribution in [3.63, 3.8) is 0 Å². The van der Waals surface area contributed by atoms with Gasteiger partial charge in [-0.05, 0) is 67.3 Å². The summed E-state index contributed by atoms with van der Waals surface area (Å²) in [6, 6.07) is 8.96. The van der Waals surface area contributed by atoms with Crippen LogP contribution in [0.3, 0.4) is 0 Å². The van der Waals surface area contributed by atoms with Gasteiger partial charge in [-0.25, -0.2) is 22.4 Å². The fourth-order valence-corrected chi connectivity index (χ4v) is 4.74. The van der Waals surface area contributed by atoms with Crippen molar-refractivity contribution in [3.8, 4) is 11.5 Å². The number of benzene rings is 3. The van der Waals surface area contributed by atoms with Crippen LogP contribution < -0.4 is 9.47 Å². The zero-order valence-corrected chi connectivity index (χ0v) is 22.4. The van der Waals surface area contributed by atoms with Gasteiger partial charge in [-0.1, -0.05) is 37.3 Å². The lowest BCUT2D eigenvalue weighted by molar-refractivity contribution is -0.276. The second-order valence-electron chi connectivity index (χ2n) is 9.85. The van der Waals surface area contributed by atoms with E-state index >= 15 is 0 Å². The van der Waals surface area contributed by atoms with Crippen LogP contribution in [0.4, 0.5) is 30.7 Å². The van der Waals surface area contributed by atoms with Crippen molar-refractivity contribution in [2.24, 2.45) is 0 Å². The normalized spacial score (nSPS) is 17.4. The predicted octanol–water partition coefficient (Wildman–Crippen LogP) is 8.98. The minimum atomic E-state index is -5.35. The van der Waals surface area contributed by atoms with Crippen LogP contribution in [0, 0.1) is 23.3 Å². The highest BCUT2D eigenvalue weighted by atomic mass is 19.4. The second-order valence-corrected chi connectivity index (χ2v) is 9.85. The van der Waals surface area contributed by atoms with Gasteiger partial charge in [0.25, 0.3) is 0 Å². The fourth-order valence-electron chi connectivity index (χ4n) is 4.74. The molecular formula is C31H27F7O4. The summed E-state index contributed by atoms with van der Waals surface area (Å²) >= 11 is 0. The Morgan fingerprint density at radius 2 is 1.55 bits per heavy atom. The van der Waals surface area contributed by atoms with Crippen molar-refractivity contribution in [2.45, 2.75) is 57.4 Å². The van der Waals surface area contributed by atoms with Gasteiger partial charge in [-0.3, -0.25) is 0 Å². The molecule has 0 amide bonds. The maximum absolute atomic E-state index is 14.8. The lowest BCUT2D eigenvalue weighted by Gasteiger charge is -2.29. The molecule has 0 N–H and O–H groups in total. The van der Waals surface area contributed by atoms with Crippen LogP contribution in [-0.4, -0.2) is 25.0 Å². The number of alkyl halides is 3. The first-order chi connectivity index (χ1) is 19.9. The van der Waals surface area contributed by atoms with E-state index < -0.39 is 52.7 Å². The number of esters is 1. The van der Waals surface area contributed by atoms with E-state index in [0.717, 1.165) is 56.4 Å². The highest BCUT2D eigenvalue weighted by Crippen LogP contribution is 2.35. The van der Waals surface area contributed by atoms with Gasteiger partial charge in [0.15, 0.2) is 11.6 Å². The Hall–Kier alpha value is -3.86. The average Bonchev–Trinajstić information content (AvgIpc) is 2.93. The topological polar surface area (TPSA) is 44.8 Å². The molecule has 0 aromatic heterocycles. The molecule has 0 heterocycles. The molecule has 0 atom stereocenters. The minimum absolute atomic E-state index is 0.250. The van der Waals surface area contributed by atoms with Gasteiger partial charge in [-0.2, -0.15) is 0 Å². The molecule has 0 aliphatic heterocycles. The molecular weight excluding hydrogens is 569 g/mol. The molecule has 0 bridgehead atoms. The minimum Gasteiger partial charge on any atom is -0.423 e. The van der Waals surface area contributed by atoms with Gasteiger partial charge < -0.3 is 14.2 Å². The van der Waals surface area contributed by atoms with Gasteiger partial charge in [-0.15, -0.1) is 13.2 Å². The molecule has 11 heteroatoms. The molecule has 42 heavy (non-hydrogen) atoms. The summed E-state index contributed by atoms with van der Waals surface area (Å²) < 4.78 is 108. The first-order valence-electron chi connectivity index (χ1n) is 13.3. The van der Waals surface area contributed by atoms with E-state index in [1.54, 1.807) is 6.07 Å². The van der Waals surface area contributed by atoms with Crippen molar-refractivity contribution >= 4 is 18.1 Å². The quantitative estimate of drug-likeness (QED) is 0.107. The second kappa shape index (κ2) is 13.4. The maximum atomic E-state index is 14.8. The summed E-state index contributed by atoms with van der Waals surface area (Å²) in [5.41, 5.74) is 0.872. The lowest BCUT2D eigenvalue weighted by atomic mass is 9.82. The molecule has 4 nitrogen and oxygen atoms in total. The monoisotopic (exact) mass is 596 g/mol. The number of ether oxygens (including phenoxy) is 3. The number of rotatable bonds is 9. The highest BCUT2D eigenvalue weighted by Gasteiger charge is 2.34. The van der Waals surface area contributed by atoms with Crippen LogP contribution >= 0.6 is 0 Å². The molecule has 0 radical (unpaired) electrons. The first-order valence-corrected chi connectivity index (χ1v) is 13.3. The third-order valence-electron chi connectivity index (χ3n) is 6.80. The van der Waals surface area contributed by atoms with Crippen molar-refractivity contribution < 1.29 is 49.7 Å². The smallest absolute Gasteiger partial charge is 0.423 e. The summed E-state index contributed by atoms with van der Waals surface area (Å²) in [7, 11) is 0. The maximum Gasteiger partial charge on any atom is 0.573 e. The Balaban J connectivity index is 1.39. The summed E-state index contributed by atoms with van der Waals surface area (Å²) in [5, 5.41) is 0. The van der Waals surface area contributed by atoms with Crippen LogP contribution in [0.2, 0.25) is 0 Å². The summed E-state index contributed by atoms with van der Waals surface area (Å²) in [6.45, 7) is 2.81. The van der Waals surface area contributed by atoms with Crippen LogP contribution in [0.15, 0.2) is 48.5 Å². The fraction of sp³-hybridized carbons (Fsp3) is 0.323. The molecule has 3 aromatic carbocycles. The van der Waals surface area contributed by atoms with Crippen molar-refractivity contribution in [3.05, 3.63) is 94.1 Å².